The first-order chi connectivity index (χ1) is 9.45. The van der Waals surface area contributed by atoms with Crippen LogP contribution in [0.2, 0.25) is 0 Å². The van der Waals surface area contributed by atoms with E-state index in [1.54, 1.807) is 19.1 Å². The van der Waals surface area contributed by atoms with E-state index >= 15 is 0 Å². The van der Waals surface area contributed by atoms with E-state index in [1.165, 1.54) is 12.1 Å². The Morgan fingerprint density at radius 2 is 2.20 bits per heavy atom. The number of esters is 2. The summed E-state index contributed by atoms with van der Waals surface area (Å²) < 4.78 is 9.98. The predicted octanol–water partition coefficient (Wildman–Crippen LogP) is 1.04. The van der Waals surface area contributed by atoms with Gasteiger partial charge in [-0.1, -0.05) is 6.07 Å². The zero-order valence-electron chi connectivity index (χ0n) is 10.8. The number of nitrogens with two attached hydrogens (primary N) is 1. The van der Waals surface area contributed by atoms with Gasteiger partial charge in [-0.3, -0.25) is 0 Å². The fourth-order valence-corrected chi connectivity index (χ4v) is 1.88. The van der Waals surface area contributed by atoms with E-state index in [2.05, 4.69) is 5.32 Å². The van der Waals surface area contributed by atoms with Crippen molar-refractivity contribution < 1.29 is 23.9 Å². The molecule has 0 radical (unpaired) electrons. The quantitative estimate of drug-likeness (QED) is 0.803. The largest absolute Gasteiger partial charge is 0.460 e. The molecule has 1 fully saturated rings. The fourth-order valence-electron chi connectivity index (χ4n) is 1.88. The highest BCUT2D eigenvalue weighted by Crippen LogP contribution is 2.19. The number of hydrogen-bond donors (Lipinski definition) is 2. The minimum atomic E-state index is -0.884. The average molecular weight is 278 g/mol. The number of anilines is 1. The molecule has 0 unspecified atom stereocenters. The Balaban J connectivity index is 2.05. The number of ether oxygens (including phenoxy) is 2. The zero-order valence-corrected chi connectivity index (χ0v) is 10.8. The summed E-state index contributed by atoms with van der Waals surface area (Å²) in [7, 11) is 0. The molecule has 3 N–H and O–H groups in total. The second-order valence-electron chi connectivity index (χ2n) is 4.45. The summed E-state index contributed by atoms with van der Waals surface area (Å²) in [5.41, 5.74) is 5.57. The molecular formula is C13H14N2O5. The van der Waals surface area contributed by atoms with Crippen LogP contribution in [0.25, 0.3) is 0 Å². The number of rotatable bonds is 3. The van der Waals surface area contributed by atoms with E-state index in [0.717, 1.165) is 0 Å². The third kappa shape index (κ3) is 3.25. The van der Waals surface area contributed by atoms with Crippen LogP contribution in [0.5, 0.6) is 0 Å². The molecule has 1 aliphatic heterocycles. The lowest BCUT2D eigenvalue weighted by atomic mass is 10.2. The predicted molar refractivity (Wildman–Crippen MR) is 69.0 cm³/mol. The van der Waals surface area contributed by atoms with E-state index in [0.29, 0.717) is 12.1 Å². The van der Waals surface area contributed by atoms with Crippen LogP contribution < -0.4 is 11.1 Å². The summed E-state index contributed by atoms with van der Waals surface area (Å²) >= 11 is 0. The van der Waals surface area contributed by atoms with Gasteiger partial charge in [0.2, 0.25) is 6.10 Å². The van der Waals surface area contributed by atoms with Crippen molar-refractivity contribution in [2.75, 3.05) is 5.32 Å². The van der Waals surface area contributed by atoms with E-state index in [9.17, 15) is 14.4 Å². The first-order valence-corrected chi connectivity index (χ1v) is 6.03. The van der Waals surface area contributed by atoms with Gasteiger partial charge >= 0.3 is 18.0 Å². The van der Waals surface area contributed by atoms with E-state index in [1.807, 2.05) is 0 Å². The van der Waals surface area contributed by atoms with Crippen molar-refractivity contribution in [3.8, 4) is 0 Å². The Labute approximate surface area is 115 Å². The van der Waals surface area contributed by atoms with Crippen LogP contribution in [0.3, 0.4) is 0 Å². The van der Waals surface area contributed by atoms with Gasteiger partial charge < -0.3 is 20.5 Å². The number of cyclic esters (lactones) is 1. The van der Waals surface area contributed by atoms with Gasteiger partial charge in [-0.05, 0) is 25.1 Å². The number of urea groups is 1. The van der Waals surface area contributed by atoms with Crippen LogP contribution in [-0.4, -0.2) is 30.2 Å². The second-order valence-corrected chi connectivity index (χ2v) is 4.45. The van der Waals surface area contributed by atoms with Gasteiger partial charge in [-0.2, -0.15) is 0 Å². The molecule has 1 aromatic rings. The van der Waals surface area contributed by atoms with Crippen molar-refractivity contribution in [3.05, 3.63) is 29.8 Å². The monoisotopic (exact) mass is 278 g/mol. The molecule has 1 heterocycles. The third-order valence-electron chi connectivity index (χ3n) is 2.74. The first-order valence-electron chi connectivity index (χ1n) is 6.03. The summed E-state index contributed by atoms with van der Waals surface area (Å²) in [6, 6.07) is 5.34. The normalized spacial score (nSPS) is 21.1. The molecule has 2 amide bonds. The maximum Gasteiger partial charge on any atom is 0.347 e. The summed E-state index contributed by atoms with van der Waals surface area (Å²) in [6.07, 6.45) is -0.808. The number of carbonyl (C=O) groups excluding carboxylic acids is 3. The molecule has 0 saturated carbocycles. The molecule has 106 valence electrons. The maximum absolute atomic E-state index is 11.9. The van der Waals surface area contributed by atoms with Crippen molar-refractivity contribution in [2.24, 2.45) is 5.73 Å². The molecule has 7 heteroatoms. The lowest BCUT2D eigenvalue weighted by molar-refractivity contribution is -0.147. The molecule has 0 aromatic heterocycles. The summed E-state index contributed by atoms with van der Waals surface area (Å²) in [5.74, 6) is -1.20. The number of benzene rings is 1. The lowest BCUT2D eigenvalue weighted by Crippen LogP contribution is -2.23. The molecule has 0 bridgehead atoms. The van der Waals surface area contributed by atoms with Crippen molar-refractivity contribution in [3.63, 3.8) is 0 Å². The molecule has 7 nitrogen and oxygen atoms in total. The highest BCUT2D eigenvalue weighted by Gasteiger charge is 2.35. The SMILES string of the molecule is C[C@H]1C[C@@H](OC(=O)c2cccc(NC(N)=O)c2)C(=O)O1. The first kappa shape index (κ1) is 13.9. The zero-order chi connectivity index (χ0) is 14.7. The molecule has 2 rings (SSSR count). The number of nitrogens with one attached hydrogen (secondary N) is 1. The highest BCUT2D eigenvalue weighted by molar-refractivity contribution is 5.94. The smallest absolute Gasteiger partial charge is 0.347 e. The number of primary amides is 1. The number of hydrogen-bond acceptors (Lipinski definition) is 5. The Bertz CT molecular complexity index is 557. The van der Waals surface area contributed by atoms with Crippen LogP contribution in [-0.2, 0) is 14.3 Å². The molecule has 1 aliphatic rings. The molecule has 2 atom stereocenters. The Morgan fingerprint density at radius 3 is 2.80 bits per heavy atom. The van der Waals surface area contributed by atoms with Gasteiger partial charge in [0.15, 0.2) is 0 Å². The summed E-state index contributed by atoms with van der Waals surface area (Å²) in [6.45, 7) is 1.73. The summed E-state index contributed by atoms with van der Waals surface area (Å²) in [4.78, 5) is 34.0. The standard InChI is InChI=1S/C13H14N2O5/c1-7-5-10(12(17)19-7)20-11(16)8-3-2-4-9(6-8)15-13(14)18/h2-4,6-7,10H,5H2,1H3,(H3,14,15,18)/t7-,10+/m0/s1. The maximum atomic E-state index is 11.9. The topological polar surface area (TPSA) is 108 Å². The Morgan fingerprint density at radius 1 is 1.45 bits per heavy atom. The van der Waals surface area contributed by atoms with E-state index in [4.69, 9.17) is 15.2 Å². The van der Waals surface area contributed by atoms with E-state index in [-0.39, 0.29) is 11.7 Å². The van der Waals surface area contributed by atoms with E-state index < -0.39 is 24.1 Å². The fraction of sp³-hybridized carbons (Fsp3) is 0.308. The van der Waals surface area contributed by atoms with Crippen molar-refractivity contribution in [1.82, 2.24) is 0 Å². The molecule has 20 heavy (non-hydrogen) atoms. The van der Waals surface area contributed by atoms with Crippen LogP contribution in [0.4, 0.5) is 10.5 Å². The van der Waals surface area contributed by atoms with Crippen LogP contribution in [0.15, 0.2) is 24.3 Å². The van der Waals surface area contributed by atoms with Crippen LogP contribution in [0, 0.1) is 0 Å². The average Bonchev–Trinajstić information content (AvgIpc) is 2.67. The minimum Gasteiger partial charge on any atom is -0.460 e. The van der Waals surface area contributed by atoms with Gasteiger partial charge in [-0.25, -0.2) is 14.4 Å². The number of carbonyl (C=O) groups is 3. The third-order valence-corrected chi connectivity index (χ3v) is 2.74. The van der Waals surface area contributed by atoms with Gasteiger partial charge in [0.05, 0.1) is 5.56 Å². The van der Waals surface area contributed by atoms with Crippen molar-refractivity contribution in [1.29, 1.82) is 0 Å². The second kappa shape index (κ2) is 5.60. The van der Waals surface area contributed by atoms with Crippen molar-refractivity contribution >= 4 is 23.7 Å². The van der Waals surface area contributed by atoms with Crippen LogP contribution >= 0.6 is 0 Å². The molecule has 1 saturated heterocycles. The van der Waals surface area contributed by atoms with Gasteiger partial charge in [-0.15, -0.1) is 0 Å². The minimum absolute atomic E-state index is 0.212. The lowest BCUT2D eigenvalue weighted by Gasteiger charge is -2.09. The Kier molecular flexibility index (Phi) is 3.88. The van der Waals surface area contributed by atoms with Crippen LogP contribution in [0.1, 0.15) is 23.7 Å². The number of amides is 2. The van der Waals surface area contributed by atoms with Gasteiger partial charge in [0.1, 0.15) is 6.10 Å². The van der Waals surface area contributed by atoms with Gasteiger partial charge in [0.25, 0.3) is 0 Å². The Hall–Kier alpha value is -2.57. The molecule has 0 aliphatic carbocycles. The summed E-state index contributed by atoms with van der Waals surface area (Å²) in [5, 5.41) is 2.35. The molecular weight excluding hydrogens is 264 g/mol. The highest BCUT2D eigenvalue weighted by atomic mass is 16.6. The molecule has 1 aromatic carbocycles. The van der Waals surface area contributed by atoms with Gasteiger partial charge in [0, 0.05) is 12.1 Å². The van der Waals surface area contributed by atoms with Crippen molar-refractivity contribution in [2.45, 2.75) is 25.6 Å². The molecule has 0 spiro atoms.